The molecule has 0 saturated carbocycles. The lowest BCUT2D eigenvalue weighted by molar-refractivity contribution is 0.668. The summed E-state index contributed by atoms with van der Waals surface area (Å²) < 4.78 is 43.2. The van der Waals surface area contributed by atoms with Gasteiger partial charge in [0.05, 0.1) is 49.7 Å². The van der Waals surface area contributed by atoms with Crippen LogP contribution in [0.15, 0.2) is 479 Å². The number of hydrogen-bond acceptors (Lipinski definition) is 7. The number of rotatable bonds is 8. The van der Waals surface area contributed by atoms with Gasteiger partial charge >= 0.3 is 0 Å². The third-order valence-electron chi connectivity index (χ3n) is 29.7. The van der Waals surface area contributed by atoms with Crippen molar-refractivity contribution in [2.75, 3.05) is 0 Å². The van der Waals surface area contributed by atoms with E-state index in [0.29, 0.717) is 0 Å². The van der Waals surface area contributed by atoms with E-state index in [0.717, 1.165) is 149 Å². The number of nitrogens with zero attached hydrogens (tertiary/aromatic N) is 6. The second-order valence-corrected chi connectivity index (χ2v) is 39.5. The van der Waals surface area contributed by atoms with Crippen molar-refractivity contribution in [2.45, 2.75) is 0 Å². The molecule has 12 heteroatoms. The SMILES string of the molecule is c1cc(-c2cccc3c2oc2ccc(-n4c5ccccc5c5ccccc54)cc23)c2c(c1)sc1ccc(-n3c4ccccc4c4ccccc43)cc12.c1ccc2c(c1)oc1cccc(-c3cccc4c3oc3ccc(-n5c6ccccc6c6cccnc65)cc34)c12.c1ccc2c(c1)sc1cccc(-c3cccc4c3oc3ccc(-n5c6ccccc6c6cc(-n7c8ccccc8c8ccccc87)ccc65)cc34)c12. The molecular formula is C131H76N6O4S2. The zero-order valence-electron chi connectivity index (χ0n) is 76.5. The van der Waals surface area contributed by atoms with Crippen molar-refractivity contribution >= 4 is 260 Å². The number of hydrogen-bond donors (Lipinski definition) is 0. The average molecular weight is 1860 g/mol. The van der Waals surface area contributed by atoms with Gasteiger partial charge in [0, 0.05) is 189 Å². The first kappa shape index (κ1) is 79.5. The highest BCUT2D eigenvalue weighted by atomic mass is 32.1. The van der Waals surface area contributed by atoms with Crippen LogP contribution in [0, 0.1) is 0 Å². The van der Waals surface area contributed by atoms with Gasteiger partial charge < -0.3 is 35.9 Å². The Hall–Kier alpha value is -18.6. The highest BCUT2D eigenvalue weighted by Crippen LogP contribution is 2.51. The van der Waals surface area contributed by atoms with Gasteiger partial charge in [-0.05, 0) is 199 Å². The Morgan fingerprint density at radius 2 is 0.441 bits per heavy atom. The number of thiophene rings is 2. The Morgan fingerprint density at radius 3 is 0.895 bits per heavy atom. The monoisotopic (exact) mass is 1860 g/mol. The van der Waals surface area contributed by atoms with Crippen molar-refractivity contribution in [3.8, 4) is 61.8 Å². The minimum Gasteiger partial charge on any atom is -0.456 e. The number of furan rings is 4. The molecule has 0 saturated heterocycles. The molecule has 0 fully saturated rings. The largest absolute Gasteiger partial charge is 0.456 e. The van der Waals surface area contributed by atoms with E-state index >= 15 is 0 Å². The molecule has 0 bridgehead atoms. The van der Waals surface area contributed by atoms with E-state index in [4.69, 9.17) is 22.7 Å². The van der Waals surface area contributed by atoms with Crippen molar-refractivity contribution in [1.82, 2.24) is 27.8 Å². The summed E-state index contributed by atoms with van der Waals surface area (Å²) in [7, 11) is 0. The molecule has 0 aliphatic heterocycles. The molecule has 10 nitrogen and oxygen atoms in total. The lowest BCUT2D eigenvalue weighted by Gasteiger charge is -2.10. The minimum absolute atomic E-state index is 0.860. The first-order chi connectivity index (χ1) is 70.9. The fraction of sp³-hybridized carbons (Fsp3) is 0. The van der Waals surface area contributed by atoms with Crippen LogP contribution in [0.5, 0.6) is 0 Å². The maximum absolute atomic E-state index is 6.79. The first-order valence-electron chi connectivity index (χ1n) is 48.4. The van der Waals surface area contributed by atoms with E-state index in [-0.39, 0.29) is 0 Å². The molecule has 666 valence electrons. The molecule has 0 N–H and O–H groups in total. The van der Waals surface area contributed by atoms with Crippen molar-refractivity contribution in [3.63, 3.8) is 0 Å². The third-order valence-corrected chi connectivity index (χ3v) is 32.0. The molecular weight excluding hydrogens is 1790 g/mol. The molecule has 21 aromatic carbocycles. The summed E-state index contributed by atoms with van der Waals surface area (Å²) in [6, 6.07) is 163. The Kier molecular flexibility index (Phi) is 17.2. The summed E-state index contributed by atoms with van der Waals surface area (Å²) in [6.07, 6.45) is 1.86. The third kappa shape index (κ3) is 11.9. The van der Waals surface area contributed by atoms with Crippen LogP contribution in [0.1, 0.15) is 0 Å². The average Bonchev–Trinajstić information content (AvgIpc) is 1.56. The van der Waals surface area contributed by atoms with Crippen molar-refractivity contribution in [3.05, 3.63) is 461 Å². The van der Waals surface area contributed by atoms with Gasteiger partial charge in [-0.3, -0.25) is 4.57 Å². The number of aromatic nitrogens is 6. The van der Waals surface area contributed by atoms with Gasteiger partial charge in [-0.25, -0.2) is 4.98 Å². The Morgan fingerprint density at radius 1 is 0.161 bits per heavy atom. The quantitative estimate of drug-likeness (QED) is 0.151. The Balaban J connectivity index is 0.0000000993. The second kappa shape index (κ2) is 31.0. The lowest BCUT2D eigenvalue weighted by atomic mass is 9.97. The standard InChI is InChI=1S/2C48H28N2OS.C35H20N2O2/c1-5-18-40-31(11-1)32-12-2-6-19-41(32)49(40)29-23-25-43-38(27-29)33-13-3-7-20-42(33)50(43)30-24-26-44-39(28-30)36-17-9-16-35(48(36)51-44)34-15-10-22-46-47(34)37-14-4-8-21-45(37)52-46;1-5-18-40-31(11-1)32-12-2-6-19-41(32)49(40)29-23-25-44-38(27-29)37-17-9-16-36(48(37)51-44)35-15-10-22-46-47(35)39-28-30(24-26-45(39)52-46)50-42-20-7-3-13-33(42)34-14-4-8-21-43(34)50;1-3-14-29-22(8-1)26-13-7-19-36-35(26)37(29)21-17-18-31-28(20-21)25-12-5-11-24(34(25)39-31)23-10-6-16-32-33(23)27-9-2-4-15-30(27)38-32/h2*1-28H;1-20H. The van der Waals surface area contributed by atoms with Crippen LogP contribution < -0.4 is 0 Å². The van der Waals surface area contributed by atoms with Gasteiger partial charge in [0.1, 0.15) is 50.3 Å². The summed E-state index contributed by atoms with van der Waals surface area (Å²) in [4.78, 5) is 4.76. The molecule has 33 aromatic rings. The van der Waals surface area contributed by atoms with Gasteiger partial charge in [-0.1, -0.05) is 273 Å². The van der Waals surface area contributed by atoms with E-state index in [1.165, 1.54) is 150 Å². The van der Waals surface area contributed by atoms with Gasteiger partial charge in [0.2, 0.25) is 0 Å². The smallest absolute Gasteiger partial charge is 0.145 e. The van der Waals surface area contributed by atoms with Crippen LogP contribution in [0.25, 0.3) is 299 Å². The fourth-order valence-electron chi connectivity index (χ4n) is 23.6. The number of fused-ring (bicyclic) bond motifs is 33. The maximum Gasteiger partial charge on any atom is 0.145 e. The maximum atomic E-state index is 6.79. The molecule has 0 unspecified atom stereocenters. The lowest BCUT2D eigenvalue weighted by Crippen LogP contribution is -1.95. The summed E-state index contributed by atoms with van der Waals surface area (Å²) in [5.41, 5.74) is 31.3. The second-order valence-electron chi connectivity index (χ2n) is 37.3. The fourth-order valence-corrected chi connectivity index (χ4v) is 25.9. The van der Waals surface area contributed by atoms with Crippen LogP contribution in [-0.2, 0) is 0 Å². The normalized spacial score (nSPS) is 12.2. The summed E-state index contributed by atoms with van der Waals surface area (Å²) in [5.74, 6) is 0. The van der Waals surface area contributed by atoms with Crippen molar-refractivity contribution in [1.29, 1.82) is 0 Å². The van der Waals surface area contributed by atoms with Crippen molar-refractivity contribution < 1.29 is 17.7 Å². The van der Waals surface area contributed by atoms with Gasteiger partial charge in [-0.2, -0.15) is 0 Å². The molecule has 0 spiro atoms. The molecule has 12 aromatic heterocycles. The highest BCUT2D eigenvalue weighted by Gasteiger charge is 2.27. The van der Waals surface area contributed by atoms with E-state index < -0.39 is 0 Å². The van der Waals surface area contributed by atoms with Crippen molar-refractivity contribution in [2.24, 2.45) is 0 Å². The van der Waals surface area contributed by atoms with Gasteiger partial charge in [0.15, 0.2) is 0 Å². The Labute approximate surface area is 822 Å². The van der Waals surface area contributed by atoms with Crippen LogP contribution in [-0.4, -0.2) is 27.8 Å². The number of benzene rings is 21. The summed E-state index contributed by atoms with van der Waals surface area (Å²) >= 11 is 3.70. The van der Waals surface area contributed by atoms with Gasteiger partial charge in [0.25, 0.3) is 0 Å². The first-order valence-corrected chi connectivity index (χ1v) is 50.1. The molecule has 0 atom stereocenters. The Bertz CT molecular complexity index is 11000. The number of pyridine rings is 1. The van der Waals surface area contributed by atoms with E-state index in [9.17, 15) is 0 Å². The van der Waals surface area contributed by atoms with Crippen LogP contribution in [0.4, 0.5) is 0 Å². The predicted octanol–water partition coefficient (Wildman–Crippen LogP) is 37.3. The van der Waals surface area contributed by atoms with E-state index in [2.05, 4.69) is 454 Å². The molecule has 0 radical (unpaired) electrons. The van der Waals surface area contributed by atoms with E-state index in [1.807, 2.05) is 53.1 Å². The highest BCUT2D eigenvalue weighted by molar-refractivity contribution is 7.26. The van der Waals surface area contributed by atoms with Crippen LogP contribution in [0.3, 0.4) is 0 Å². The molecule has 0 aliphatic carbocycles. The summed E-state index contributed by atoms with van der Waals surface area (Å²) in [6.45, 7) is 0. The molecule has 0 amide bonds. The molecule has 143 heavy (non-hydrogen) atoms. The topological polar surface area (TPSA) is 90.1 Å². The van der Waals surface area contributed by atoms with Crippen LogP contribution >= 0.6 is 22.7 Å². The summed E-state index contributed by atoms with van der Waals surface area (Å²) in [5, 5.41) is 26.4. The predicted molar refractivity (Wildman–Crippen MR) is 600 cm³/mol. The zero-order chi connectivity index (χ0) is 93.3. The number of para-hydroxylation sites is 12. The van der Waals surface area contributed by atoms with E-state index in [1.54, 1.807) is 0 Å². The molecule has 12 heterocycles. The zero-order valence-corrected chi connectivity index (χ0v) is 78.1. The molecule has 0 aliphatic rings. The molecule has 33 rings (SSSR count). The van der Waals surface area contributed by atoms with Gasteiger partial charge in [-0.15, -0.1) is 22.7 Å². The van der Waals surface area contributed by atoms with Crippen LogP contribution in [0.2, 0.25) is 0 Å². The minimum atomic E-state index is 0.860.